The Hall–Kier alpha value is -2.19. The van der Waals surface area contributed by atoms with Crippen LogP contribution in [-0.4, -0.2) is 17.9 Å². The fraction of sp³-hybridized carbons (Fsp3) is 0.154. The van der Waals surface area contributed by atoms with E-state index in [1.807, 2.05) is 41.8 Å². The summed E-state index contributed by atoms with van der Waals surface area (Å²) in [4.78, 5) is 17.4. The number of thiazole rings is 1. The first kappa shape index (κ1) is 12.3. The quantitative estimate of drug-likeness (QED) is 0.849. The highest BCUT2D eigenvalue weighted by Gasteiger charge is 2.14. The predicted molar refractivity (Wildman–Crippen MR) is 71.2 cm³/mol. The maximum absolute atomic E-state index is 11.6. The van der Waals surface area contributed by atoms with E-state index in [1.54, 1.807) is 7.05 Å². The first-order valence-corrected chi connectivity index (χ1v) is 6.25. The van der Waals surface area contributed by atoms with E-state index in [0.29, 0.717) is 5.13 Å². The van der Waals surface area contributed by atoms with Crippen molar-refractivity contribution in [2.75, 3.05) is 11.9 Å². The third kappa shape index (κ3) is 2.55. The van der Waals surface area contributed by atoms with Gasteiger partial charge in [-0.3, -0.25) is 9.69 Å². The Balaban J connectivity index is 2.21. The molecule has 0 N–H and O–H groups in total. The number of hydrogen-bond acceptors (Lipinski definition) is 4. The molecule has 0 unspecified atom stereocenters. The molecule has 2 aromatic rings. The third-order valence-corrected chi connectivity index (χ3v) is 3.37. The SMILES string of the molecule is CN(C(=O)CC#N)c1nc(-c2ccccc2)cs1. The number of carbonyl (C=O) groups excluding carboxylic acids is 1. The minimum atomic E-state index is -0.244. The molecule has 0 aliphatic heterocycles. The van der Waals surface area contributed by atoms with Crippen LogP contribution < -0.4 is 4.90 Å². The largest absolute Gasteiger partial charge is 0.290 e. The summed E-state index contributed by atoms with van der Waals surface area (Å²) in [7, 11) is 1.63. The number of nitrogens with zero attached hydrogens (tertiary/aromatic N) is 3. The number of carbonyl (C=O) groups is 1. The van der Waals surface area contributed by atoms with Crippen LogP contribution in [0, 0.1) is 11.3 Å². The molecular weight excluding hydrogens is 246 g/mol. The van der Waals surface area contributed by atoms with Crippen LogP contribution >= 0.6 is 11.3 Å². The second-order valence-corrected chi connectivity index (χ2v) is 4.51. The average molecular weight is 257 g/mol. The average Bonchev–Trinajstić information content (AvgIpc) is 2.89. The monoisotopic (exact) mass is 257 g/mol. The van der Waals surface area contributed by atoms with Crippen molar-refractivity contribution in [2.45, 2.75) is 6.42 Å². The van der Waals surface area contributed by atoms with Gasteiger partial charge in [0.15, 0.2) is 5.13 Å². The molecule has 0 saturated carbocycles. The molecule has 18 heavy (non-hydrogen) atoms. The summed E-state index contributed by atoms with van der Waals surface area (Å²) in [6, 6.07) is 11.6. The molecule has 0 bridgehead atoms. The second kappa shape index (κ2) is 5.43. The van der Waals surface area contributed by atoms with Crippen molar-refractivity contribution in [3.63, 3.8) is 0 Å². The molecule has 1 amide bonds. The van der Waals surface area contributed by atoms with E-state index in [2.05, 4.69) is 4.98 Å². The minimum absolute atomic E-state index is 0.128. The lowest BCUT2D eigenvalue weighted by molar-refractivity contribution is -0.117. The van der Waals surface area contributed by atoms with Gasteiger partial charge in [0.2, 0.25) is 5.91 Å². The molecular formula is C13H11N3OS. The minimum Gasteiger partial charge on any atom is -0.290 e. The van der Waals surface area contributed by atoms with Gasteiger partial charge in [-0.25, -0.2) is 4.98 Å². The van der Waals surface area contributed by atoms with E-state index in [-0.39, 0.29) is 12.3 Å². The zero-order valence-corrected chi connectivity index (χ0v) is 10.6. The van der Waals surface area contributed by atoms with Crippen LogP contribution in [0.25, 0.3) is 11.3 Å². The summed E-state index contributed by atoms with van der Waals surface area (Å²) in [6.45, 7) is 0. The normalized spacial score (nSPS) is 9.78. The predicted octanol–water partition coefficient (Wildman–Crippen LogP) is 2.69. The van der Waals surface area contributed by atoms with E-state index in [1.165, 1.54) is 16.2 Å². The molecule has 1 heterocycles. The zero-order valence-electron chi connectivity index (χ0n) is 9.83. The molecule has 0 aliphatic rings. The fourth-order valence-electron chi connectivity index (χ4n) is 1.45. The second-order valence-electron chi connectivity index (χ2n) is 3.67. The summed E-state index contributed by atoms with van der Waals surface area (Å²) in [5.41, 5.74) is 1.85. The summed E-state index contributed by atoms with van der Waals surface area (Å²) in [5, 5.41) is 11.0. The van der Waals surface area contributed by atoms with Crippen molar-refractivity contribution < 1.29 is 4.79 Å². The van der Waals surface area contributed by atoms with Crippen LogP contribution in [0.2, 0.25) is 0 Å². The highest BCUT2D eigenvalue weighted by Crippen LogP contribution is 2.26. The molecule has 5 heteroatoms. The van der Waals surface area contributed by atoms with E-state index in [9.17, 15) is 4.79 Å². The summed E-state index contributed by atoms with van der Waals surface area (Å²) in [6.07, 6.45) is -0.128. The maximum Gasteiger partial charge on any atom is 0.242 e. The van der Waals surface area contributed by atoms with E-state index in [4.69, 9.17) is 5.26 Å². The van der Waals surface area contributed by atoms with Gasteiger partial charge in [-0.2, -0.15) is 5.26 Å². The highest BCUT2D eigenvalue weighted by molar-refractivity contribution is 7.14. The molecule has 0 fully saturated rings. The van der Waals surface area contributed by atoms with Crippen LogP contribution in [0.1, 0.15) is 6.42 Å². The standard InChI is InChI=1S/C13H11N3OS/c1-16(12(17)7-8-14)13-15-11(9-18-13)10-5-3-2-4-6-10/h2-6,9H,7H2,1H3. The smallest absolute Gasteiger partial charge is 0.242 e. The molecule has 0 radical (unpaired) electrons. The van der Waals surface area contributed by atoms with Crippen LogP contribution in [0.3, 0.4) is 0 Å². The Morgan fingerprint density at radius 2 is 2.17 bits per heavy atom. The summed E-state index contributed by atoms with van der Waals surface area (Å²) in [5.74, 6) is -0.244. The molecule has 0 saturated heterocycles. The molecule has 0 atom stereocenters. The number of anilines is 1. The number of amides is 1. The van der Waals surface area contributed by atoms with Crippen molar-refractivity contribution in [3.8, 4) is 17.3 Å². The molecule has 1 aromatic heterocycles. The Kier molecular flexibility index (Phi) is 3.70. The van der Waals surface area contributed by atoms with Crippen LogP contribution in [0.5, 0.6) is 0 Å². The van der Waals surface area contributed by atoms with Crippen molar-refractivity contribution >= 4 is 22.4 Å². The van der Waals surface area contributed by atoms with Gasteiger partial charge >= 0.3 is 0 Å². The molecule has 0 spiro atoms. The van der Waals surface area contributed by atoms with E-state index >= 15 is 0 Å². The van der Waals surface area contributed by atoms with Gasteiger partial charge in [0.05, 0.1) is 11.8 Å². The van der Waals surface area contributed by atoms with Crippen molar-refractivity contribution in [2.24, 2.45) is 0 Å². The van der Waals surface area contributed by atoms with Crippen LogP contribution in [-0.2, 0) is 4.79 Å². The fourth-order valence-corrected chi connectivity index (χ4v) is 2.27. The van der Waals surface area contributed by atoms with Crippen LogP contribution in [0.15, 0.2) is 35.7 Å². The van der Waals surface area contributed by atoms with Crippen molar-refractivity contribution in [3.05, 3.63) is 35.7 Å². The highest BCUT2D eigenvalue weighted by atomic mass is 32.1. The topological polar surface area (TPSA) is 57.0 Å². The number of aromatic nitrogens is 1. The Labute approximate surface area is 109 Å². The summed E-state index contributed by atoms with van der Waals surface area (Å²) >= 11 is 1.39. The Morgan fingerprint density at radius 3 is 2.83 bits per heavy atom. The Bertz CT molecular complexity index is 586. The van der Waals surface area contributed by atoms with Gasteiger partial charge in [-0.15, -0.1) is 11.3 Å². The van der Waals surface area contributed by atoms with Gasteiger partial charge in [0.25, 0.3) is 0 Å². The number of hydrogen-bond donors (Lipinski definition) is 0. The van der Waals surface area contributed by atoms with Gasteiger partial charge in [0, 0.05) is 18.0 Å². The molecule has 90 valence electrons. The number of nitriles is 1. The van der Waals surface area contributed by atoms with E-state index < -0.39 is 0 Å². The third-order valence-electron chi connectivity index (χ3n) is 2.45. The van der Waals surface area contributed by atoms with Crippen molar-refractivity contribution in [1.82, 2.24) is 4.98 Å². The first-order chi connectivity index (χ1) is 8.72. The molecule has 4 nitrogen and oxygen atoms in total. The van der Waals surface area contributed by atoms with Gasteiger partial charge in [-0.1, -0.05) is 30.3 Å². The van der Waals surface area contributed by atoms with Gasteiger partial charge < -0.3 is 0 Å². The molecule has 0 aliphatic carbocycles. The summed E-state index contributed by atoms with van der Waals surface area (Å²) < 4.78 is 0. The van der Waals surface area contributed by atoms with Gasteiger partial charge in [0.1, 0.15) is 6.42 Å². The first-order valence-electron chi connectivity index (χ1n) is 5.37. The van der Waals surface area contributed by atoms with Crippen molar-refractivity contribution in [1.29, 1.82) is 5.26 Å². The Morgan fingerprint density at radius 1 is 1.44 bits per heavy atom. The number of rotatable bonds is 3. The molecule has 1 aromatic carbocycles. The van der Waals surface area contributed by atoms with E-state index in [0.717, 1.165) is 11.3 Å². The van der Waals surface area contributed by atoms with Gasteiger partial charge in [-0.05, 0) is 0 Å². The lowest BCUT2D eigenvalue weighted by atomic mass is 10.2. The molecule has 2 rings (SSSR count). The van der Waals surface area contributed by atoms with Crippen LogP contribution in [0.4, 0.5) is 5.13 Å². The lowest BCUT2D eigenvalue weighted by Crippen LogP contribution is -2.25. The zero-order chi connectivity index (χ0) is 13.0. The number of benzene rings is 1. The lowest BCUT2D eigenvalue weighted by Gasteiger charge is -2.10. The maximum atomic E-state index is 11.6.